The summed E-state index contributed by atoms with van der Waals surface area (Å²) in [5.41, 5.74) is 1.39. The molecule has 16 heteroatoms. The SMILES string of the molecule is CCc1cc(SCC2=C(C(=O)O)N3C(=O)[C@@H](NC(=O)CSc4cc(Cl)ccc4Cl)[C@H]3SC2)cc[n+]1CCS(=O)(=O)O. The first-order valence-corrected chi connectivity index (χ1v) is 17.6. The molecule has 2 atom stereocenters. The molecule has 1 saturated heterocycles. The van der Waals surface area contributed by atoms with Gasteiger partial charge in [-0.1, -0.05) is 30.1 Å². The number of benzene rings is 1. The van der Waals surface area contributed by atoms with Crippen molar-refractivity contribution >= 4 is 86.4 Å². The molecular formula is C25H26Cl2N3O7S4+. The van der Waals surface area contributed by atoms with Crippen molar-refractivity contribution in [2.45, 2.75) is 41.1 Å². The normalized spacial score (nSPS) is 18.6. The van der Waals surface area contributed by atoms with Crippen molar-refractivity contribution in [3.8, 4) is 0 Å². The highest BCUT2D eigenvalue weighted by Gasteiger charge is 2.54. The van der Waals surface area contributed by atoms with Gasteiger partial charge in [-0.05, 0) is 23.8 Å². The van der Waals surface area contributed by atoms with Gasteiger partial charge in [0.1, 0.15) is 22.9 Å². The summed E-state index contributed by atoms with van der Waals surface area (Å²) in [6.07, 6.45) is 2.36. The van der Waals surface area contributed by atoms with Crippen molar-refractivity contribution in [3.05, 3.63) is 63.5 Å². The predicted octanol–water partition coefficient (Wildman–Crippen LogP) is 3.35. The number of amides is 2. The Balaban J connectivity index is 1.39. The van der Waals surface area contributed by atoms with E-state index in [2.05, 4.69) is 5.32 Å². The third-order valence-corrected chi connectivity index (χ3v) is 11.1. The van der Waals surface area contributed by atoms with Crippen LogP contribution in [0.4, 0.5) is 0 Å². The van der Waals surface area contributed by atoms with Crippen molar-refractivity contribution < 1.29 is 37.0 Å². The van der Waals surface area contributed by atoms with Crippen LogP contribution in [-0.2, 0) is 37.5 Å². The fraction of sp³-hybridized carbons (Fsp3) is 0.360. The van der Waals surface area contributed by atoms with Crippen LogP contribution in [0.15, 0.2) is 57.6 Å². The molecule has 2 amide bonds. The zero-order valence-corrected chi connectivity index (χ0v) is 26.4. The number of hydrogen-bond acceptors (Lipinski definition) is 8. The molecule has 1 fully saturated rings. The molecule has 41 heavy (non-hydrogen) atoms. The summed E-state index contributed by atoms with van der Waals surface area (Å²) < 4.78 is 33.0. The minimum absolute atomic E-state index is 0.0113. The van der Waals surface area contributed by atoms with Gasteiger partial charge in [0.05, 0.1) is 10.8 Å². The highest BCUT2D eigenvalue weighted by Crippen LogP contribution is 2.41. The molecule has 3 N–H and O–H groups in total. The van der Waals surface area contributed by atoms with Crippen LogP contribution in [0.5, 0.6) is 0 Å². The molecule has 2 aliphatic rings. The molecule has 0 aliphatic carbocycles. The number of carbonyl (C=O) groups is 3. The highest BCUT2D eigenvalue weighted by atomic mass is 35.5. The van der Waals surface area contributed by atoms with E-state index in [1.165, 1.54) is 40.2 Å². The summed E-state index contributed by atoms with van der Waals surface area (Å²) in [6.45, 7) is 2.04. The van der Waals surface area contributed by atoms with Crippen LogP contribution >= 0.6 is 58.5 Å². The van der Waals surface area contributed by atoms with E-state index in [0.29, 0.717) is 38.4 Å². The topological polar surface area (TPSA) is 145 Å². The number of rotatable bonds is 12. The lowest BCUT2D eigenvalue weighted by Gasteiger charge is -2.49. The number of thioether (sulfide) groups is 3. The Kier molecular flexibility index (Phi) is 10.6. The zero-order chi connectivity index (χ0) is 29.9. The average molecular weight is 680 g/mol. The van der Waals surface area contributed by atoms with Crippen molar-refractivity contribution in [3.63, 3.8) is 0 Å². The number of aryl methyl sites for hydroxylation is 2. The second-order valence-electron chi connectivity index (χ2n) is 9.05. The Morgan fingerprint density at radius 2 is 1.98 bits per heavy atom. The Morgan fingerprint density at radius 1 is 1.22 bits per heavy atom. The van der Waals surface area contributed by atoms with Gasteiger partial charge >= 0.3 is 5.97 Å². The predicted molar refractivity (Wildman–Crippen MR) is 160 cm³/mol. The molecule has 2 aliphatic heterocycles. The molecule has 1 aromatic heterocycles. The van der Waals surface area contributed by atoms with Crippen LogP contribution in [0.1, 0.15) is 12.6 Å². The number of carbonyl (C=O) groups excluding carboxylic acids is 2. The maximum atomic E-state index is 13.0. The lowest BCUT2D eigenvalue weighted by molar-refractivity contribution is -0.700. The largest absolute Gasteiger partial charge is 0.477 e. The Hall–Kier alpha value is -1.94. The van der Waals surface area contributed by atoms with Crippen molar-refractivity contribution in [2.24, 2.45) is 0 Å². The minimum atomic E-state index is -4.09. The van der Waals surface area contributed by atoms with Gasteiger partial charge in [-0.3, -0.25) is 19.0 Å². The molecule has 3 heterocycles. The van der Waals surface area contributed by atoms with Crippen LogP contribution in [0.3, 0.4) is 0 Å². The Bertz CT molecular complexity index is 1520. The van der Waals surface area contributed by atoms with Gasteiger partial charge in [-0.2, -0.15) is 8.42 Å². The number of aromatic nitrogens is 1. The number of β-lactam (4-membered cyclic amide) rings is 1. The molecular weight excluding hydrogens is 653 g/mol. The average Bonchev–Trinajstić information content (AvgIpc) is 2.93. The number of halogens is 2. The number of hydrogen-bond donors (Lipinski definition) is 3. The van der Waals surface area contributed by atoms with E-state index in [1.807, 2.05) is 13.0 Å². The third kappa shape index (κ3) is 7.92. The summed E-state index contributed by atoms with van der Waals surface area (Å²) in [7, 11) is -4.09. The monoisotopic (exact) mass is 678 g/mol. The van der Waals surface area contributed by atoms with E-state index < -0.39 is 39.2 Å². The van der Waals surface area contributed by atoms with Gasteiger partial charge in [0, 0.05) is 44.9 Å². The fourth-order valence-corrected chi connectivity index (χ4v) is 8.46. The van der Waals surface area contributed by atoms with Gasteiger partial charge in [-0.15, -0.1) is 35.3 Å². The first-order valence-electron chi connectivity index (χ1n) is 12.3. The van der Waals surface area contributed by atoms with Gasteiger partial charge in [0.25, 0.3) is 16.0 Å². The lowest BCUT2D eigenvalue weighted by Crippen LogP contribution is -2.70. The lowest BCUT2D eigenvalue weighted by atomic mass is 10.0. The molecule has 0 saturated carbocycles. The summed E-state index contributed by atoms with van der Waals surface area (Å²) >= 11 is 16.1. The van der Waals surface area contributed by atoms with E-state index in [9.17, 15) is 27.9 Å². The standard InChI is InChI=1S/C25H25Cl2N3O7S4/c1-2-16-10-17(5-6-29(16)7-8-41(35,36)37)38-11-14-12-40-24-21(23(32)30(24)22(14)25(33)34)28-20(31)13-39-19-9-15(26)3-4-18(19)27/h3-6,9-10,21,24H,2,7-8,11-13H2,1H3,(H2-,28,31,33,34,35,36,37)/p+1/t21-,24-/m1/s1. The quantitative estimate of drug-likeness (QED) is 0.132. The number of nitrogens with zero attached hydrogens (tertiary/aromatic N) is 2. The van der Waals surface area contributed by atoms with Crippen molar-refractivity contribution in [2.75, 3.05) is 23.0 Å². The smallest absolute Gasteiger partial charge is 0.352 e. The van der Waals surface area contributed by atoms with Crippen LogP contribution < -0.4 is 9.88 Å². The summed E-state index contributed by atoms with van der Waals surface area (Å²) in [6, 6.07) is 7.79. The first-order chi connectivity index (χ1) is 19.4. The third-order valence-electron chi connectivity index (χ3n) is 6.28. The molecule has 2 aromatic rings. The van der Waals surface area contributed by atoms with Gasteiger partial charge < -0.3 is 10.4 Å². The van der Waals surface area contributed by atoms with Crippen LogP contribution in [0.2, 0.25) is 10.0 Å². The molecule has 4 rings (SSSR count). The minimum Gasteiger partial charge on any atom is -0.477 e. The Morgan fingerprint density at radius 3 is 2.66 bits per heavy atom. The second-order valence-corrected chi connectivity index (χ2v) is 14.6. The molecule has 10 nitrogen and oxygen atoms in total. The van der Waals surface area contributed by atoms with Gasteiger partial charge in [-0.25, -0.2) is 9.36 Å². The molecule has 0 spiro atoms. The summed E-state index contributed by atoms with van der Waals surface area (Å²) in [4.78, 5) is 40.5. The molecule has 0 bridgehead atoms. The summed E-state index contributed by atoms with van der Waals surface area (Å²) in [5, 5.41) is 13.1. The van der Waals surface area contributed by atoms with Crippen molar-refractivity contribution in [1.29, 1.82) is 0 Å². The number of pyridine rings is 1. The fourth-order valence-electron chi connectivity index (χ4n) is 4.29. The van der Waals surface area contributed by atoms with Crippen LogP contribution in [0.25, 0.3) is 0 Å². The first kappa shape index (κ1) is 32.0. The number of carboxylic acids is 1. The molecule has 0 unspecified atom stereocenters. The van der Waals surface area contributed by atoms with Gasteiger partial charge in [0.2, 0.25) is 5.91 Å². The maximum Gasteiger partial charge on any atom is 0.352 e. The number of fused-ring (bicyclic) bond motifs is 1. The van der Waals surface area contributed by atoms with E-state index in [4.69, 9.17) is 27.8 Å². The van der Waals surface area contributed by atoms with Crippen LogP contribution in [0, 0.1) is 0 Å². The highest BCUT2D eigenvalue weighted by molar-refractivity contribution is 8.01. The van der Waals surface area contributed by atoms with E-state index in [0.717, 1.165) is 10.6 Å². The Labute approximate surface area is 260 Å². The van der Waals surface area contributed by atoms with Crippen molar-refractivity contribution in [1.82, 2.24) is 10.2 Å². The molecule has 1 aromatic carbocycles. The number of carboxylic acid groups (broad SMARTS) is 1. The van der Waals surface area contributed by atoms with E-state index in [1.54, 1.807) is 35.0 Å². The van der Waals surface area contributed by atoms with Crippen LogP contribution in [-0.4, -0.2) is 75.2 Å². The van der Waals surface area contributed by atoms with E-state index in [-0.39, 0.29) is 23.9 Å². The number of nitrogens with one attached hydrogen (secondary N) is 1. The summed E-state index contributed by atoms with van der Waals surface area (Å²) in [5.74, 6) is -1.74. The van der Waals surface area contributed by atoms with E-state index >= 15 is 0 Å². The van der Waals surface area contributed by atoms with Gasteiger partial charge in [0.15, 0.2) is 18.4 Å². The second kappa shape index (κ2) is 13.6. The zero-order valence-electron chi connectivity index (χ0n) is 21.6. The maximum absolute atomic E-state index is 13.0. The molecule has 220 valence electrons. The number of aliphatic carboxylic acids is 1. The molecule has 0 radical (unpaired) electrons.